The Balaban J connectivity index is 1.77. The van der Waals surface area contributed by atoms with Crippen LogP contribution in [0.15, 0.2) is 24.3 Å². The molecule has 0 fully saturated rings. The molecule has 3 rings (SSSR count). The van der Waals surface area contributed by atoms with Crippen molar-refractivity contribution in [2.45, 2.75) is 26.1 Å². The molecule has 1 aromatic heterocycles. The monoisotopic (exact) mass is 422 g/mol. The second-order valence-electron chi connectivity index (χ2n) is 6.60. The molecule has 1 aliphatic heterocycles. The van der Waals surface area contributed by atoms with E-state index in [1.165, 1.54) is 12.1 Å². The first-order valence-corrected chi connectivity index (χ1v) is 9.50. The highest BCUT2D eigenvalue weighted by molar-refractivity contribution is 6.30. The van der Waals surface area contributed by atoms with Crippen LogP contribution in [0.4, 0.5) is 14.6 Å². The molecule has 0 saturated carbocycles. The van der Waals surface area contributed by atoms with Gasteiger partial charge in [0, 0.05) is 38.9 Å². The molecular formula is C20H21ClF2N4O2. The quantitative estimate of drug-likeness (QED) is 0.515. The normalized spacial score (nSPS) is 13.8. The second kappa shape index (κ2) is 9.83. The number of anilines is 1. The number of hydrogen-bond acceptors (Lipinski definition) is 6. The summed E-state index contributed by atoms with van der Waals surface area (Å²) in [6.45, 7) is 0.232. The van der Waals surface area contributed by atoms with Gasteiger partial charge in [0.15, 0.2) is 0 Å². The Morgan fingerprint density at radius 1 is 1.31 bits per heavy atom. The van der Waals surface area contributed by atoms with Crippen molar-refractivity contribution in [3.63, 3.8) is 0 Å². The molecule has 0 spiro atoms. The molecule has 154 valence electrons. The Morgan fingerprint density at radius 3 is 2.72 bits per heavy atom. The summed E-state index contributed by atoms with van der Waals surface area (Å²) in [7, 11) is 1.62. The van der Waals surface area contributed by atoms with Crippen molar-refractivity contribution in [2.24, 2.45) is 0 Å². The first kappa shape index (κ1) is 21.2. The van der Waals surface area contributed by atoms with E-state index in [1.54, 1.807) is 19.2 Å². The van der Waals surface area contributed by atoms with Crippen LogP contribution < -0.4 is 10.1 Å². The van der Waals surface area contributed by atoms with E-state index in [4.69, 9.17) is 16.3 Å². The van der Waals surface area contributed by atoms with E-state index in [0.717, 1.165) is 23.2 Å². The number of benzene rings is 1. The summed E-state index contributed by atoms with van der Waals surface area (Å²) >= 11 is 6.21. The van der Waals surface area contributed by atoms with Crippen LogP contribution in [0.2, 0.25) is 5.15 Å². The molecule has 1 aromatic carbocycles. The standard InChI is InChI=1S/C20H21ClF2N4O2/c1-28-9-7-25-19-17-12-27(8-6-15(17)16(10-24)18(21)26-19)11-13-2-4-14(5-3-13)29-20(22)23/h2-5,20H,6-9,11-12H2,1H3,(H,25,26). The number of rotatable bonds is 8. The topological polar surface area (TPSA) is 70.4 Å². The van der Waals surface area contributed by atoms with Crippen molar-refractivity contribution < 1.29 is 18.3 Å². The molecule has 0 radical (unpaired) electrons. The number of aromatic nitrogens is 1. The van der Waals surface area contributed by atoms with E-state index in [2.05, 4.69) is 26.0 Å². The lowest BCUT2D eigenvalue weighted by Crippen LogP contribution is -2.32. The summed E-state index contributed by atoms with van der Waals surface area (Å²) < 4.78 is 34.0. The first-order valence-electron chi connectivity index (χ1n) is 9.12. The number of methoxy groups -OCH3 is 1. The van der Waals surface area contributed by atoms with Crippen LogP contribution in [-0.4, -0.2) is 43.3 Å². The van der Waals surface area contributed by atoms with Gasteiger partial charge in [-0.2, -0.15) is 14.0 Å². The maximum Gasteiger partial charge on any atom is 0.387 e. The molecule has 1 aliphatic rings. The van der Waals surface area contributed by atoms with E-state index in [9.17, 15) is 14.0 Å². The van der Waals surface area contributed by atoms with Crippen LogP contribution in [0.5, 0.6) is 5.75 Å². The SMILES string of the molecule is COCCNc1nc(Cl)c(C#N)c2c1CN(Cc1ccc(OC(F)F)cc1)CC2. The largest absolute Gasteiger partial charge is 0.435 e. The van der Waals surface area contributed by atoms with Crippen molar-refractivity contribution >= 4 is 17.4 Å². The maximum absolute atomic E-state index is 12.3. The van der Waals surface area contributed by atoms with Gasteiger partial charge < -0.3 is 14.8 Å². The number of fused-ring (bicyclic) bond motifs is 1. The number of alkyl halides is 2. The molecule has 0 amide bonds. The molecule has 0 saturated heterocycles. The lowest BCUT2D eigenvalue weighted by molar-refractivity contribution is -0.0498. The summed E-state index contributed by atoms with van der Waals surface area (Å²) in [5, 5.41) is 12.9. The maximum atomic E-state index is 12.3. The van der Waals surface area contributed by atoms with E-state index >= 15 is 0 Å². The fraction of sp³-hybridized carbons (Fsp3) is 0.400. The van der Waals surface area contributed by atoms with Gasteiger partial charge in [0.05, 0.1) is 12.2 Å². The lowest BCUT2D eigenvalue weighted by atomic mass is 9.96. The number of ether oxygens (including phenoxy) is 2. The predicted molar refractivity (Wildman–Crippen MR) is 105 cm³/mol. The molecule has 2 heterocycles. The Labute approximate surface area is 173 Å². The van der Waals surface area contributed by atoms with Gasteiger partial charge in [0.25, 0.3) is 0 Å². The van der Waals surface area contributed by atoms with Crippen molar-refractivity contribution in [1.29, 1.82) is 5.26 Å². The van der Waals surface area contributed by atoms with Crippen molar-refractivity contribution in [2.75, 3.05) is 32.1 Å². The van der Waals surface area contributed by atoms with E-state index in [1.807, 2.05) is 0 Å². The van der Waals surface area contributed by atoms with E-state index < -0.39 is 6.61 Å². The van der Waals surface area contributed by atoms with Crippen molar-refractivity contribution in [1.82, 2.24) is 9.88 Å². The minimum absolute atomic E-state index is 0.134. The zero-order valence-corrected chi connectivity index (χ0v) is 16.7. The summed E-state index contributed by atoms with van der Waals surface area (Å²) in [5.74, 6) is 0.793. The van der Waals surface area contributed by atoms with Gasteiger partial charge >= 0.3 is 6.61 Å². The highest BCUT2D eigenvalue weighted by atomic mass is 35.5. The molecule has 0 unspecified atom stereocenters. The van der Waals surface area contributed by atoms with Crippen LogP contribution in [-0.2, 0) is 24.2 Å². The summed E-state index contributed by atoms with van der Waals surface area (Å²) in [4.78, 5) is 6.58. The summed E-state index contributed by atoms with van der Waals surface area (Å²) in [6, 6.07) is 8.77. The van der Waals surface area contributed by atoms with Crippen molar-refractivity contribution in [3.05, 3.63) is 51.7 Å². The van der Waals surface area contributed by atoms with Gasteiger partial charge in [-0.25, -0.2) is 4.98 Å². The number of nitrogens with one attached hydrogen (secondary N) is 1. The third-order valence-corrected chi connectivity index (χ3v) is 4.97. The lowest BCUT2D eigenvalue weighted by Gasteiger charge is -2.31. The average molecular weight is 423 g/mol. The number of nitrogens with zero attached hydrogens (tertiary/aromatic N) is 3. The number of hydrogen-bond donors (Lipinski definition) is 1. The minimum Gasteiger partial charge on any atom is -0.435 e. The highest BCUT2D eigenvalue weighted by Crippen LogP contribution is 2.32. The molecule has 29 heavy (non-hydrogen) atoms. The highest BCUT2D eigenvalue weighted by Gasteiger charge is 2.25. The Morgan fingerprint density at radius 2 is 2.07 bits per heavy atom. The molecule has 9 heteroatoms. The zero-order chi connectivity index (χ0) is 20.8. The molecule has 0 atom stereocenters. The van der Waals surface area contributed by atoms with Gasteiger partial charge in [-0.1, -0.05) is 23.7 Å². The minimum atomic E-state index is -2.84. The fourth-order valence-corrected chi connectivity index (χ4v) is 3.60. The number of pyridine rings is 1. The third-order valence-electron chi connectivity index (χ3n) is 4.69. The van der Waals surface area contributed by atoms with Crippen LogP contribution in [0.1, 0.15) is 22.3 Å². The Hall–Kier alpha value is -2.47. The van der Waals surface area contributed by atoms with Crippen LogP contribution in [0, 0.1) is 11.3 Å². The zero-order valence-electron chi connectivity index (χ0n) is 15.9. The number of nitriles is 1. The molecule has 6 nitrogen and oxygen atoms in total. The van der Waals surface area contributed by atoms with E-state index in [0.29, 0.717) is 44.0 Å². The molecular weight excluding hydrogens is 402 g/mol. The smallest absolute Gasteiger partial charge is 0.387 e. The number of halogens is 3. The second-order valence-corrected chi connectivity index (χ2v) is 6.96. The van der Waals surface area contributed by atoms with Gasteiger partial charge in [-0.05, 0) is 29.7 Å². The van der Waals surface area contributed by atoms with Gasteiger partial charge in [-0.3, -0.25) is 4.90 Å². The molecule has 1 N–H and O–H groups in total. The van der Waals surface area contributed by atoms with Crippen LogP contribution >= 0.6 is 11.6 Å². The Kier molecular flexibility index (Phi) is 7.20. The van der Waals surface area contributed by atoms with Crippen molar-refractivity contribution in [3.8, 4) is 11.8 Å². The molecule has 0 aliphatic carbocycles. The fourth-order valence-electron chi connectivity index (χ4n) is 3.36. The summed E-state index contributed by atoms with van der Waals surface area (Å²) in [6.07, 6.45) is 0.673. The van der Waals surface area contributed by atoms with Crippen LogP contribution in [0.3, 0.4) is 0 Å². The van der Waals surface area contributed by atoms with Gasteiger partial charge in [0.1, 0.15) is 22.8 Å². The average Bonchev–Trinajstić information content (AvgIpc) is 2.69. The van der Waals surface area contributed by atoms with Crippen LogP contribution in [0.25, 0.3) is 0 Å². The molecule has 2 aromatic rings. The first-order chi connectivity index (χ1) is 14.0. The third kappa shape index (κ3) is 5.32. The van der Waals surface area contributed by atoms with Gasteiger partial charge in [-0.15, -0.1) is 0 Å². The summed E-state index contributed by atoms with van der Waals surface area (Å²) in [5.41, 5.74) is 3.27. The molecule has 0 bridgehead atoms. The predicted octanol–water partition coefficient (Wildman–Crippen LogP) is 3.82. The van der Waals surface area contributed by atoms with Gasteiger partial charge in [0.2, 0.25) is 0 Å². The Bertz CT molecular complexity index is 888. The van der Waals surface area contributed by atoms with E-state index in [-0.39, 0.29) is 10.9 Å².